The maximum atomic E-state index is 10.9. The average molecular weight is 434 g/mol. The van der Waals surface area contributed by atoms with Crippen LogP contribution in [0.15, 0.2) is 45.9 Å². The minimum Gasteiger partial charge on any atom is -0.768 e. The Bertz CT molecular complexity index is 958. The number of aromatic nitrogens is 4. The number of benzene rings is 1. The molecule has 2 aromatic heterocycles. The van der Waals surface area contributed by atoms with Crippen LogP contribution in [-0.2, 0) is 11.1 Å². The van der Waals surface area contributed by atoms with E-state index >= 15 is 0 Å². The molecule has 0 saturated heterocycles. The number of nitrogens with zero attached hydrogens (tertiary/aromatic N) is 3. The number of hydrogen-bond acceptors (Lipinski definition) is 7. The standard InChI is InChI=1S/C16H15BrN6O2S/c17-12-8-18-16(19-10-3-5-11(6-4-10)26(24)25)21-15(12)20-14-7-13(22-23-14)9-1-2-9/h3-9H,1-2H2,(H,24,25)(H3,18,19,20,21,22,23)/p-1. The van der Waals surface area contributed by atoms with Crippen molar-refractivity contribution in [3.8, 4) is 0 Å². The van der Waals surface area contributed by atoms with Gasteiger partial charge < -0.3 is 15.2 Å². The molecule has 1 aliphatic carbocycles. The molecule has 0 spiro atoms. The summed E-state index contributed by atoms with van der Waals surface area (Å²) in [5.74, 6) is 2.24. The van der Waals surface area contributed by atoms with Gasteiger partial charge in [0.15, 0.2) is 11.6 Å². The molecule has 1 unspecified atom stereocenters. The lowest BCUT2D eigenvalue weighted by molar-refractivity contribution is 0.537. The van der Waals surface area contributed by atoms with Crippen molar-refractivity contribution in [1.29, 1.82) is 0 Å². The summed E-state index contributed by atoms with van der Waals surface area (Å²) in [6, 6.07) is 8.30. The van der Waals surface area contributed by atoms with Gasteiger partial charge >= 0.3 is 0 Å². The quantitative estimate of drug-likeness (QED) is 0.508. The Morgan fingerprint density at radius 2 is 2.00 bits per heavy atom. The van der Waals surface area contributed by atoms with Crippen LogP contribution < -0.4 is 10.6 Å². The number of anilines is 4. The van der Waals surface area contributed by atoms with E-state index in [-0.39, 0.29) is 4.90 Å². The fourth-order valence-corrected chi connectivity index (χ4v) is 3.07. The molecule has 0 aliphatic heterocycles. The van der Waals surface area contributed by atoms with Crippen molar-refractivity contribution in [3.63, 3.8) is 0 Å². The molecular formula is C16H14BrN6O2S-. The Hall–Kier alpha value is -2.30. The van der Waals surface area contributed by atoms with E-state index in [0.717, 1.165) is 5.69 Å². The fourth-order valence-electron chi connectivity index (χ4n) is 2.42. The van der Waals surface area contributed by atoms with Crippen LogP contribution in [0.1, 0.15) is 24.5 Å². The van der Waals surface area contributed by atoms with E-state index in [4.69, 9.17) is 0 Å². The van der Waals surface area contributed by atoms with Crippen LogP contribution in [0.5, 0.6) is 0 Å². The summed E-state index contributed by atoms with van der Waals surface area (Å²) < 4.78 is 22.5. The predicted octanol–water partition coefficient (Wildman–Crippen LogP) is 3.56. The van der Waals surface area contributed by atoms with Gasteiger partial charge in [-0.3, -0.25) is 9.31 Å². The van der Waals surface area contributed by atoms with Gasteiger partial charge in [0.2, 0.25) is 5.95 Å². The second-order valence-corrected chi connectivity index (χ2v) is 7.68. The van der Waals surface area contributed by atoms with Crippen molar-refractivity contribution in [3.05, 3.63) is 46.7 Å². The topological polar surface area (TPSA) is 119 Å². The molecule has 3 aromatic rings. The molecule has 8 nitrogen and oxygen atoms in total. The highest BCUT2D eigenvalue weighted by Gasteiger charge is 2.25. The van der Waals surface area contributed by atoms with Gasteiger partial charge in [0.05, 0.1) is 4.47 Å². The number of hydrogen-bond donors (Lipinski definition) is 3. The van der Waals surface area contributed by atoms with E-state index in [1.54, 1.807) is 18.3 Å². The van der Waals surface area contributed by atoms with Crippen molar-refractivity contribution < 1.29 is 8.76 Å². The summed E-state index contributed by atoms with van der Waals surface area (Å²) in [6.45, 7) is 0. The molecule has 1 saturated carbocycles. The average Bonchev–Trinajstić information content (AvgIpc) is 3.38. The van der Waals surface area contributed by atoms with Gasteiger partial charge in [0, 0.05) is 34.5 Å². The van der Waals surface area contributed by atoms with E-state index in [1.165, 1.54) is 25.0 Å². The first-order chi connectivity index (χ1) is 12.6. The maximum Gasteiger partial charge on any atom is 0.229 e. The Balaban J connectivity index is 1.50. The van der Waals surface area contributed by atoms with Crippen LogP contribution in [0.4, 0.5) is 23.3 Å². The van der Waals surface area contributed by atoms with Crippen LogP contribution >= 0.6 is 15.9 Å². The molecule has 10 heteroatoms. The van der Waals surface area contributed by atoms with Crippen molar-refractivity contribution in [2.24, 2.45) is 0 Å². The maximum absolute atomic E-state index is 10.9. The van der Waals surface area contributed by atoms with E-state index < -0.39 is 11.1 Å². The molecule has 0 radical (unpaired) electrons. The third-order valence-electron chi connectivity index (χ3n) is 3.91. The van der Waals surface area contributed by atoms with Crippen molar-refractivity contribution >= 4 is 50.3 Å². The first-order valence-electron chi connectivity index (χ1n) is 7.90. The number of rotatable bonds is 6. The van der Waals surface area contributed by atoms with Crippen molar-refractivity contribution in [1.82, 2.24) is 20.2 Å². The SMILES string of the molecule is O=S([O-])c1ccc(Nc2ncc(Br)c(Nc3cc(C4CC4)[nH]n3)n2)cc1. The first kappa shape index (κ1) is 17.1. The highest BCUT2D eigenvalue weighted by molar-refractivity contribution is 9.10. The number of aromatic amines is 1. The molecule has 26 heavy (non-hydrogen) atoms. The lowest BCUT2D eigenvalue weighted by Crippen LogP contribution is -2.02. The summed E-state index contributed by atoms with van der Waals surface area (Å²) >= 11 is 1.18. The summed E-state index contributed by atoms with van der Waals surface area (Å²) in [5.41, 5.74) is 1.81. The minimum absolute atomic E-state index is 0.222. The zero-order chi connectivity index (χ0) is 18.1. The Morgan fingerprint density at radius 3 is 2.69 bits per heavy atom. The summed E-state index contributed by atoms with van der Waals surface area (Å²) in [5, 5.41) is 13.5. The molecule has 134 valence electrons. The lowest BCUT2D eigenvalue weighted by Gasteiger charge is -2.10. The Kier molecular flexibility index (Phi) is 4.70. The number of H-pyrrole nitrogens is 1. The zero-order valence-corrected chi connectivity index (χ0v) is 15.8. The van der Waals surface area contributed by atoms with Crippen LogP contribution in [-0.4, -0.2) is 28.9 Å². The fraction of sp³-hybridized carbons (Fsp3) is 0.188. The largest absolute Gasteiger partial charge is 0.768 e. The number of nitrogens with one attached hydrogen (secondary N) is 3. The van der Waals surface area contributed by atoms with Crippen LogP contribution in [0.25, 0.3) is 0 Å². The molecule has 3 N–H and O–H groups in total. The first-order valence-corrected chi connectivity index (χ1v) is 9.76. The third-order valence-corrected chi connectivity index (χ3v) is 5.15. The van der Waals surface area contributed by atoms with Gasteiger partial charge in [-0.25, -0.2) is 4.98 Å². The Morgan fingerprint density at radius 1 is 1.23 bits per heavy atom. The van der Waals surface area contributed by atoms with Gasteiger partial charge in [0.1, 0.15) is 0 Å². The van der Waals surface area contributed by atoms with Gasteiger partial charge in [-0.05, 0) is 64.1 Å². The smallest absolute Gasteiger partial charge is 0.229 e. The molecule has 1 aliphatic rings. The van der Waals surface area contributed by atoms with Gasteiger partial charge in [-0.2, -0.15) is 10.1 Å². The summed E-state index contributed by atoms with van der Waals surface area (Å²) in [7, 11) is 0. The summed E-state index contributed by atoms with van der Waals surface area (Å²) in [4.78, 5) is 8.87. The lowest BCUT2D eigenvalue weighted by atomic mass is 10.3. The highest BCUT2D eigenvalue weighted by Crippen LogP contribution is 2.39. The van der Waals surface area contributed by atoms with Gasteiger partial charge in [-0.1, -0.05) is 0 Å². The van der Waals surface area contributed by atoms with E-state index in [0.29, 0.717) is 33.7 Å². The molecule has 0 bridgehead atoms. The third kappa shape index (κ3) is 3.92. The van der Waals surface area contributed by atoms with Crippen molar-refractivity contribution in [2.45, 2.75) is 23.7 Å². The minimum atomic E-state index is -2.25. The molecular weight excluding hydrogens is 420 g/mol. The second kappa shape index (κ2) is 7.14. The van der Waals surface area contributed by atoms with Crippen LogP contribution in [0, 0.1) is 0 Å². The molecule has 4 rings (SSSR count). The van der Waals surface area contributed by atoms with Gasteiger partial charge in [-0.15, -0.1) is 0 Å². The van der Waals surface area contributed by atoms with Crippen LogP contribution in [0.3, 0.4) is 0 Å². The van der Waals surface area contributed by atoms with E-state index in [9.17, 15) is 8.76 Å². The Labute approximate surface area is 160 Å². The summed E-state index contributed by atoms with van der Waals surface area (Å²) in [6.07, 6.45) is 4.03. The van der Waals surface area contributed by atoms with E-state index in [1.807, 2.05) is 6.07 Å². The van der Waals surface area contributed by atoms with Crippen LogP contribution in [0.2, 0.25) is 0 Å². The molecule has 1 aromatic carbocycles. The molecule has 1 fully saturated rings. The monoisotopic (exact) mass is 433 g/mol. The predicted molar refractivity (Wildman–Crippen MR) is 100 cm³/mol. The molecule has 0 amide bonds. The number of halogens is 1. The zero-order valence-electron chi connectivity index (χ0n) is 13.4. The molecule has 1 atom stereocenters. The highest BCUT2D eigenvalue weighted by atomic mass is 79.9. The normalized spacial score (nSPS) is 14.8. The second-order valence-electron chi connectivity index (χ2n) is 5.88. The van der Waals surface area contributed by atoms with Gasteiger partial charge in [0.25, 0.3) is 0 Å². The molecule has 2 heterocycles. The van der Waals surface area contributed by atoms with E-state index in [2.05, 4.69) is 46.7 Å². The van der Waals surface area contributed by atoms with Crippen molar-refractivity contribution in [2.75, 3.05) is 10.6 Å².